The molecular weight excluding hydrogens is 242 g/mol. The third kappa shape index (κ3) is 5.66. The molecule has 0 amide bonds. The first-order valence-electron chi connectivity index (χ1n) is 6.56. The summed E-state index contributed by atoms with van der Waals surface area (Å²) in [7, 11) is 0. The van der Waals surface area contributed by atoms with Crippen LogP contribution in [-0.4, -0.2) is 29.9 Å². The summed E-state index contributed by atoms with van der Waals surface area (Å²) in [4.78, 5) is 22.2. The topological polar surface area (TPSA) is 66.4 Å². The van der Waals surface area contributed by atoms with E-state index < -0.39 is 5.97 Å². The second-order valence-corrected chi connectivity index (χ2v) is 4.87. The lowest BCUT2D eigenvalue weighted by Crippen LogP contribution is -2.24. The fourth-order valence-electron chi connectivity index (χ4n) is 1.72. The average molecular weight is 263 g/mol. The van der Waals surface area contributed by atoms with Crippen molar-refractivity contribution in [3.8, 4) is 0 Å². The number of carbonyl (C=O) groups is 2. The summed E-state index contributed by atoms with van der Waals surface area (Å²) < 4.78 is 0. The standard InChI is InChI=1S/C15H21NO3/c1-11(2)12-5-7-13(8-6-12)14(17)10-16-9-3-4-15(18)19/h5-8,11,16H,3-4,9-10H2,1-2H3,(H,18,19). The molecule has 0 saturated heterocycles. The first-order valence-corrected chi connectivity index (χ1v) is 6.56. The largest absolute Gasteiger partial charge is 0.481 e. The Morgan fingerprint density at radius 1 is 1.21 bits per heavy atom. The Morgan fingerprint density at radius 2 is 1.84 bits per heavy atom. The van der Waals surface area contributed by atoms with Gasteiger partial charge in [-0.25, -0.2) is 0 Å². The molecule has 0 atom stereocenters. The average Bonchev–Trinajstić information content (AvgIpc) is 2.37. The predicted octanol–water partition coefficient (Wildman–Crippen LogP) is 2.45. The maximum atomic E-state index is 11.8. The van der Waals surface area contributed by atoms with Gasteiger partial charge in [-0.15, -0.1) is 0 Å². The molecule has 0 aliphatic heterocycles. The number of ketones is 1. The molecule has 1 rings (SSSR count). The molecule has 2 N–H and O–H groups in total. The summed E-state index contributed by atoms with van der Waals surface area (Å²) in [6.07, 6.45) is 0.666. The normalized spacial score (nSPS) is 10.7. The highest BCUT2D eigenvalue weighted by molar-refractivity contribution is 5.97. The van der Waals surface area contributed by atoms with E-state index >= 15 is 0 Å². The second kappa shape index (κ2) is 7.69. The Hall–Kier alpha value is -1.68. The molecule has 1 aromatic rings. The van der Waals surface area contributed by atoms with E-state index in [0.717, 1.165) is 0 Å². The molecule has 0 aliphatic rings. The van der Waals surface area contributed by atoms with Crippen molar-refractivity contribution in [1.29, 1.82) is 0 Å². The Bertz CT molecular complexity index is 424. The predicted molar refractivity (Wildman–Crippen MR) is 74.6 cm³/mol. The lowest BCUT2D eigenvalue weighted by atomic mass is 10.0. The number of rotatable bonds is 8. The first-order chi connectivity index (χ1) is 9.00. The fraction of sp³-hybridized carbons (Fsp3) is 0.467. The second-order valence-electron chi connectivity index (χ2n) is 4.87. The Morgan fingerprint density at radius 3 is 2.37 bits per heavy atom. The summed E-state index contributed by atoms with van der Waals surface area (Å²) in [5.74, 6) is -0.318. The number of benzene rings is 1. The third-order valence-electron chi connectivity index (χ3n) is 2.93. The lowest BCUT2D eigenvalue weighted by Gasteiger charge is -2.07. The van der Waals surface area contributed by atoms with Gasteiger partial charge in [-0.2, -0.15) is 0 Å². The molecule has 4 heteroatoms. The minimum atomic E-state index is -0.808. The van der Waals surface area contributed by atoms with Crippen LogP contribution in [0, 0.1) is 0 Å². The van der Waals surface area contributed by atoms with Crippen LogP contribution in [0.1, 0.15) is 48.5 Å². The van der Waals surface area contributed by atoms with Gasteiger partial charge in [0.2, 0.25) is 0 Å². The Balaban J connectivity index is 2.35. The number of hydrogen-bond acceptors (Lipinski definition) is 3. The highest BCUT2D eigenvalue weighted by Gasteiger charge is 2.06. The molecule has 0 fully saturated rings. The summed E-state index contributed by atoms with van der Waals surface area (Å²) in [6.45, 7) is 5.02. The molecule has 0 aliphatic carbocycles. The van der Waals surface area contributed by atoms with Gasteiger partial charge in [-0.05, 0) is 24.4 Å². The van der Waals surface area contributed by atoms with Crippen molar-refractivity contribution < 1.29 is 14.7 Å². The van der Waals surface area contributed by atoms with Gasteiger partial charge in [0.05, 0.1) is 6.54 Å². The van der Waals surface area contributed by atoms with Gasteiger partial charge in [0.25, 0.3) is 0 Å². The fourth-order valence-corrected chi connectivity index (χ4v) is 1.72. The molecule has 1 aromatic carbocycles. The van der Waals surface area contributed by atoms with Gasteiger partial charge < -0.3 is 10.4 Å². The molecule has 0 radical (unpaired) electrons. The van der Waals surface area contributed by atoms with Gasteiger partial charge in [0.15, 0.2) is 5.78 Å². The zero-order valence-electron chi connectivity index (χ0n) is 11.5. The van der Waals surface area contributed by atoms with Crippen LogP contribution in [0.15, 0.2) is 24.3 Å². The minimum absolute atomic E-state index is 0.0330. The van der Waals surface area contributed by atoms with Crippen molar-refractivity contribution in [3.05, 3.63) is 35.4 Å². The van der Waals surface area contributed by atoms with Crippen molar-refractivity contribution >= 4 is 11.8 Å². The highest BCUT2D eigenvalue weighted by Crippen LogP contribution is 2.14. The SMILES string of the molecule is CC(C)c1ccc(C(=O)CNCCCC(=O)O)cc1. The first kappa shape index (κ1) is 15.4. The lowest BCUT2D eigenvalue weighted by molar-refractivity contribution is -0.137. The summed E-state index contributed by atoms with van der Waals surface area (Å²) in [5.41, 5.74) is 1.90. The van der Waals surface area contributed by atoms with Crippen LogP contribution in [-0.2, 0) is 4.79 Å². The third-order valence-corrected chi connectivity index (χ3v) is 2.93. The van der Waals surface area contributed by atoms with E-state index in [1.54, 1.807) is 0 Å². The van der Waals surface area contributed by atoms with Gasteiger partial charge in [-0.3, -0.25) is 9.59 Å². The van der Waals surface area contributed by atoms with E-state index in [-0.39, 0.29) is 18.7 Å². The van der Waals surface area contributed by atoms with Crippen LogP contribution in [0.4, 0.5) is 0 Å². The van der Waals surface area contributed by atoms with Gasteiger partial charge >= 0.3 is 5.97 Å². The maximum Gasteiger partial charge on any atom is 0.303 e. The van der Waals surface area contributed by atoms with Crippen molar-refractivity contribution in [2.75, 3.05) is 13.1 Å². The molecule has 0 saturated carbocycles. The molecule has 4 nitrogen and oxygen atoms in total. The summed E-state index contributed by atoms with van der Waals surface area (Å²) in [5, 5.41) is 11.4. The molecule has 0 spiro atoms. The number of aliphatic carboxylic acids is 1. The van der Waals surface area contributed by atoms with E-state index in [9.17, 15) is 9.59 Å². The number of carboxylic acids is 1. The number of hydrogen-bond donors (Lipinski definition) is 2. The van der Waals surface area contributed by atoms with E-state index in [1.165, 1.54) is 5.56 Å². The van der Waals surface area contributed by atoms with E-state index in [1.807, 2.05) is 24.3 Å². The van der Waals surface area contributed by atoms with E-state index in [4.69, 9.17) is 5.11 Å². The Labute approximate surface area is 113 Å². The zero-order chi connectivity index (χ0) is 14.3. The monoisotopic (exact) mass is 263 g/mol. The van der Waals surface area contributed by atoms with E-state index in [0.29, 0.717) is 24.4 Å². The van der Waals surface area contributed by atoms with Crippen LogP contribution in [0.25, 0.3) is 0 Å². The Kier molecular flexibility index (Phi) is 6.22. The van der Waals surface area contributed by atoms with Crippen molar-refractivity contribution in [2.45, 2.75) is 32.6 Å². The quantitative estimate of drug-likeness (QED) is 0.558. The van der Waals surface area contributed by atoms with Crippen LogP contribution >= 0.6 is 0 Å². The van der Waals surface area contributed by atoms with E-state index in [2.05, 4.69) is 19.2 Å². The van der Waals surface area contributed by atoms with Crippen LogP contribution in [0.2, 0.25) is 0 Å². The molecule has 0 aromatic heterocycles. The van der Waals surface area contributed by atoms with Gasteiger partial charge in [0, 0.05) is 12.0 Å². The highest BCUT2D eigenvalue weighted by atomic mass is 16.4. The number of nitrogens with one attached hydrogen (secondary N) is 1. The molecule has 0 bridgehead atoms. The molecule has 104 valence electrons. The number of carbonyl (C=O) groups excluding carboxylic acids is 1. The van der Waals surface area contributed by atoms with Gasteiger partial charge in [-0.1, -0.05) is 38.1 Å². The molecule has 0 unspecified atom stereocenters. The summed E-state index contributed by atoms with van der Waals surface area (Å²) >= 11 is 0. The molecular formula is C15H21NO3. The van der Waals surface area contributed by atoms with Crippen LogP contribution < -0.4 is 5.32 Å². The summed E-state index contributed by atoms with van der Waals surface area (Å²) in [6, 6.07) is 7.64. The van der Waals surface area contributed by atoms with Crippen LogP contribution in [0.5, 0.6) is 0 Å². The number of carboxylic acid groups (broad SMARTS) is 1. The van der Waals surface area contributed by atoms with Gasteiger partial charge in [0.1, 0.15) is 0 Å². The van der Waals surface area contributed by atoms with Crippen molar-refractivity contribution in [1.82, 2.24) is 5.32 Å². The minimum Gasteiger partial charge on any atom is -0.481 e. The van der Waals surface area contributed by atoms with Crippen molar-refractivity contribution in [3.63, 3.8) is 0 Å². The molecule has 0 heterocycles. The number of Topliss-reactive ketones (excluding diaryl/α,β-unsaturated/α-hetero) is 1. The molecule has 19 heavy (non-hydrogen) atoms. The zero-order valence-corrected chi connectivity index (χ0v) is 11.5. The smallest absolute Gasteiger partial charge is 0.303 e. The maximum absolute atomic E-state index is 11.8. The van der Waals surface area contributed by atoms with Crippen LogP contribution in [0.3, 0.4) is 0 Å². The van der Waals surface area contributed by atoms with Crippen molar-refractivity contribution in [2.24, 2.45) is 0 Å².